The van der Waals surface area contributed by atoms with E-state index < -0.39 is 0 Å². The van der Waals surface area contributed by atoms with E-state index >= 15 is 0 Å². The van der Waals surface area contributed by atoms with Crippen molar-refractivity contribution in [3.63, 3.8) is 0 Å². The molecule has 1 rings (SSSR count). The molecule has 0 radical (unpaired) electrons. The van der Waals surface area contributed by atoms with Gasteiger partial charge in [0.15, 0.2) is 0 Å². The molecule has 0 bridgehead atoms. The molecule has 0 saturated heterocycles. The molecule has 1 N–H and O–H groups in total. The Morgan fingerprint density at radius 3 is 2.35 bits per heavy atom. The summed E-state index contributed by atoms with van der Waals surface area (Å²) >= 11 is 0. The molecule has 0 spiro atoms. The van der Waals surface area contributed by atoms with Crippen molar-refractivity contribution in [3.05, 3.63) is 35.9 Å². The van der Waals surface area contributed by atoms with Crippen LogP contribution >= 0.6 is 0 Å². The number of methoxy groups -OCH3 is 1. The van der Waals surface area contributed by atoms with Crippen LogP contribution in [-0.4, -0.2) is 24.9 Å². The SMILES string of the molecule is COCCC(C)C(O)C(C)(C)c1ccccc1. The Morgan fingerprint density at radius 1 is 1.24 bits per heavy atom. The summed E-state index contributed by atoms with van der Waals surface area (Å²) < 4.78 is 5.07. The van der Waals surface area contributed by atoms with E-state index in [2.05, 4.69) is 32.9 Å². The molecule has 2 atom stereocenters. The van der Waals surface area contributed by atoms with Crippen LogP contribution in [0, 0.1) is 5.92 Å². The van der Waals surface area contributed by atoms with E-state index in [0.29, 0.717) is 6.61 Å². The largest absolute Gasteiger partial charge is 0.392 e. The molecule has 2 nitrogen and oxygen atoms in total. The minimum atomic E-state index is -0.361. The van der Waals surface area contributed by atoms with Gasteiger partial charge in [0.05, 0.1) is 6.10 Å². The van der Waals surface area contributed by atoms with Gasteiger partial charge < -0.3 is 9.84 Å². The van der Waals surface area contributed by atoms with Crippen LogP contribution in [0.1, 0.15) is 32.8 Å². The van der Waals surface area contributed by atoms with Gasteiger partial charge in [-0.3, -0.25) is 0 Å². The Hall–Kier alpha value is -0.860. The van der Waals surface area contributed by atoms with Gasteiger partial charge in [-0.25, -0.2) is 0 Å². The first-order chi connectivity index (χ1) is 8.00. The average molecular weight is 236 g/mol. The predicted molar refractivity (Wildman–Crippen MR) is 71.1 cm³/mol. The standard InChI is InChI=1S/C15H24O2/c1-12(10-11-17-4)14(16)15(2,3)13-8-6-5-7-9-13/h5-9,12,14,16H,10-11H2,1-4H3. The zero-order valence-electron chi connectivity index (χ0n) is 11.3. The number of benzene rings is 1. The Balaban J connectivity index is 2.76. The maximum Gasteiger partial charge on any atom is 0.0657 e. The van der Waals surface area contributed by atoms with Gasteiger partial charge in [0.25, 0.3) is 0 Å². The lowest BCUT2D eigenvalue weighted by molar-refractivity contribution is 0.0353. The van der Waals surface area contributed by atoms with E-state index in [9.17, 15) is 5.11 Å². The molecule has 96 valence electrons. The Kier molecular flexibility index (Phi) is 5.16. The molecule has 17 heavy (non-hydrogen) atoms. The molecule has 2 heteroatoms. The lowest BCUT2D eigenvalue weighted by atomic mass is 9.74. The molecule has 0 aliphatic heterocycles. The highest BCUT2D eigenvalue weighted by molar-refractivity contribution is 5.25. The monoisotopic (exact) mass is 236 g/mol. The second kappa shape index (κ2) is 6.18. The third-order valence-corrected chi connectivity index (χ3v) is 3.57. The third-order valence-electron chi connectivity index (χ3n) is 3.57. The van der Waals surface area contributed by atoms with Gasteiger partial charge in [-0.1, -0.05) is 51.1 Å². The number of rotatable bonds is 6. The lowest BCUT2D eigenvalue weighted by Gasteiger charge is -2.35. The van der Waals surface area contributed by atoms with Crippen molar-refractivity contribution >= 4 is 0 Å². The van der Waals surface area contributed by atoms with Gasteiger partial charge in [0, 0.05) is 19.1 Å². The second-order valence-electron chi connectivity index (χ2n) is 5.29. The Bertz CT molecular complexity index is 319. The van der Waals surface area contributed by atoms with Crippen molar-refractivity contribution in [2.24, 2.45) is 5.92 Å². The summed E-state index contributed by atoms with van der Waals surface area (Å²) in [6.45, 7) is 6.96. The smallest absolute Gasteiger partial charge is 0.0657 e. The summed E-state index contributed by atoms with van der Waals surface area (Å²) in [5.74, 6) is 0.227. The maximum atomic E-state index is 10.5. The topological polar surface area (TPSA) is 29.5 Å². The van der Waals surface area contributed by atoms with Crippen LogP contribution in [0.2, 0.25) is 0 Å². The van der Waals surface area contributed by atoms with Gasteiger partial charge in [-0.05, 0) is 17.9 Å². The minimum Gasteiger partial charge on any atom is -0.392 e. The van der Waals surface area contributed by atoms with Crippen molar-refractivity contribution in [3.8, 4) is 0 Å². The highest BCUT2D eigenvalue weighted by Crippen LogP contribution is 2.31. The quantitative estimate of drug-likeness (QED) is 0.822. The zero-order valence-corrected chi connectivity index (χ0v) is 11.3. The van der Waals surface area contributed by atoms with Crippen molar-refractivity contribution in [1.82, 2.24) is 0 Å². The van der Waals surface area contributed by atoms with Gasteiger partial charge >= 0.3 is 0 Å². The van der Waals surface area contributed by atoms with E-state index in [0.717, 1.165) is 6.42 Å². The van der Waals surface area contributed by atoms with Crippen LogP contribution in [0.25, 0.3) is 0 Å². The molecule has 0 amide bonds. The minimum absolute atomic E-state index is 0.227. The molecule has 0 aliphatic rings. The molecule has 0 saturated carbocycles. The normalized spacial score (nSPS) is 15.6. The third kappa shape index (κ3) is 3.55. The molecule has 1 aromatic rings. The van der Waals surface area contributed by atoms with E-state index in [-0.39, 0.29) is 17.4 Å². The molecule has 1 aromatic carbocycles. The Morgan fingerprint density at radius 2 is 1.82 bits per heavy atom. The number of aliphatic hydroxyl groups is 1. The zero-order chi connectivity index (χ0) is 12.9. The molecular weight excluding hydrogens is 212 g/mol. The van der Waals surface area contributed by atoms with Crippen molar-refractivity contribution in [2.45, 2.75) is 38.7 Å². The molecule has 0 heterocycles. The Labute approximate surface area is 105 Å². The summed E-state index contributed by atoms with van der Waals surface area (Å²) in [7, 11) is 1.70. The highest BCUT2D eigenvalue weighted by Gasteiger charge is 2.33. The highest BCUT2D eigenvalue weighted by atomic mass is 16.5. The van der Waals surface area contributed by atoms with Crippen molar-refractivity contribution in [2.75, 3.05) is 13.7 Å². The summed E-state index contributed by atoms with van der Waals surface area (Å²) in [6, 6.07) is 10.2. The van der Waals surface area contributed by atoms with Crippen LogP contribution < -0.4 is 0 Å². The van der Waals surface area contributed by atoms with Gasteiger partial charge in [-0.15, -0.1) is 0 Å². The first kappa shape index (κ1) is 14.2. The van der Waals surface area contributed by atoms with E-state index in [1.54, 1.807) is 7.11 Å². The van der Waals surface area contributed by atoms with Crippen LogP contribution in [0.5, 0.6) is 0 Å². The second-order valence-corrected chi connectivity index (χ2v) is 5.29. The number of hydrogen-bond acceptors (Lipinski definition) is 2. The lowest BCUT2D eigenvalue weighted by Crippen LogP contribution is -2.38. The average Bonchev–Trinajstić information content (AvgIpc) is 2.36. The van der Waals surface area contributed by atoms with Gasteiger partial charge in [-0.2, -0.15) is 0 Å². The molecular formula is C15H24O2. The van der Waals surface area contributed by atoms with Gasteiger partial charge in [0.1, 0.15) is 0 Å². The first-order valence-electron chi connectivity index (χ1n) is 6.22. The van der Waals surface area contributed by atoms with E-state index in [4.69, 9.17) is 4.74 Å². The fourth-order valence-corrected chi connectivity index (χ4v) is 2.21. The predicted octanol–water partition coefficient (Wildman–Crippen LogP) is 3.00. The fraction of sp³-hybridized carbons (Fsp3) is 0.600. The van der Waals surface area contributed by atoms with Crippen LogP contribution in [0.3, 0.4) is 0 Å². The van der Waals surface area contributed by atoms with E-state index in [1.807, 2.05) is 18.2 Å². The van der Waals surface area contributed by atoms with Gasteiger partial charge in [0.2, 0.25) is 0 Å². The number of aliphatic hydroxyl groups excluding tert-OH is 1. The fourth-order valence-electron chi connectivity index (χ4n) is 2.21. The molecule has 0 aliphatic carbocycles. The summed E-state index contributed by atoms with van der Waals surface area (Å²) in [6.07, 6.45) is 0.522. The summed E-state index contributed by atoms with van der Waals surface area (Å²) in [5, 5.41) is 10.5. The molecule has 2 unspecified atom stereocenters. The van der Waals surface area contributed by atoms with Crippen LogP contribution in [0.4, 0.5) is 0 Å². The van der Waals surface area contributed by atoms with Crippen LogP contribution in [0.15, 0.2) is 30.3 Å². The summed E-state index contributed by atoms with van der Waals surface area (Å²) in [4.78, 5) is 0. The summed E-state index contributed by atoms with van der Waals surface area (Å²) in [5.41, 5.74) is 0.950. The molecule has 0 aromatic heterocycles. The maximum absolute atomic E-state index is 10.5. The van der Waals surface area contributed by atoms with Crippen molar-refractivity contribution in [1.29, 1.82) is 0 Å². The number of ether oxygens (including phenoxy) is 1. The van der Waals surface area contributed by atoms with Crippen molar-refractivity contribution < 1.29 is 9.84 Å². The van der Waals surface area contributed by atoms with E-state index in [1.165, 1.54) is 5.56 Å². The first-order valence-corrected chi connectivity index (χ1v) is 6.22. The van der Waals surface area contributed by atoms with Crippen LogP contribution in [-0.2, 0) is 10.2 Å². The number of hydrogen-bond donors (Lipinski definition) is 1. The molecule has 0 fully saturated rings.